The Balaban J connectivity index is 2.41. The van der Waals surface area contributed by atoms with Gasteiger partial charge >= 0.3 is 0 Å². The van der Waals surface area contributed by atoms with E-state index in [0.29, 0.717) is 5.92 Å². The SMILES string of the molecule is C=CC(C)CC1=CCC(C(C)C)CC1. The fourth-order valence-corrected chi connectivity index (χ4v) is 2.20. The molecule has 14 heavy (non-hydrogen) atoms. The van der Waals surface area contributed by atoms with E-state index >= 15 is 0 Å². The summed E-state index contributed by atoms with van der Waals surface area (Å²) in [6.07, 6.45) is 9.79. The first-order valence-electron chi connectivity index (χ1n) is 5.94. The molecule has 0 saturated heterocycles. The molecule has 0 N–H and O–H groups in total. The van der Waals surface area contributed by atoms with Crippen LogP contribution in [0, 0.1) is 17.8 Å². The van der Waals surface area contributed by atoms with E-state index < -0.39 is 0 Å². The highest BCUT2D eigenvalue weighted by molar-refractivity contribution is 5.08. The Labute approximate surface area is 89.1 Å². The minimum absolute atomic E-state index is 0.650. The van der Waals surface area contributed by atoms with Gasteiger partial charge in [0.2, 0.25) is 0 Å². The van der Waals surface area contributed by atoms with E-state index in [4.69, 9.17) is 0 Å². The van der Waals surface area contributed by atoms with Gasteiger partial charge in [-0.1, -0.05) is 38.5 Å². The van der Waals surface area contributed by atoms with Crippen LogP contribution in [0.1, 0.15) is 46.5 Å². The Kier molecular flexibility index (Phi) is 4.44. The first-order valence-corrected chi connectivity index (χ1v) is 5.94. The largest absolute Gasteiger partial charge is 0.103 e. The Morgan fingerprint density at radius 1 is 1.50 bits per heavy atom. The van der Waals surface area contributed by atoms with Gasteiger partial charge in [-0.3, -0.25) is 0 Å². The predicted molar refractivity (Wildman–Crippen MR) is 64.2 cm³/mol. The van der Waals surface area contributed by atoms with Gasteiger partial charge in [0.25, 0.3) is 0 Å². The quantitative estimate of drug-likeness (QED) is 0.572. The Hall–Kier alpha value is -0.520. The van der Waals surface area contributed by atoms with Gasteiger partial charge in [-0.05, 0) is 43.4 Å². The zero-order chi connectivity index (χ0) is 10.6. The molecule has 0 saturated carbocycles. The van der Waals surface area contributed by atoms with E-state index in [0.717, 1.165) is 11.8 Å². The molecule has 1 aliphatic rings. The monoisotopic (exact) mass is 192 g/mol. The van der Waals surface area contributed by atoms with Gasteiger partial charge in [0, 0.05) is 0 Å². The van der Waals surface area contributed by atoms with Crippen LogP contribution in [0.3, 0.4) is 0 Å². The molecule has 80 valence electrons. The van der Waals surface area contributed by atoms with Gasteiger partial charge < -0.3 is 0 Å². The summed E-state index contributed by atoms with van der Waals surface area (Å²) in [7, 11) is 0. The molecule has 0 heteroatoms. The highest BCUT2D eigenvalue weighted by Gasteiger charge is 2.17. The molecule has 0 aromatic carbocycles. The van der Waals surface area contributed by atoms with E-state index in [9.17, 15) is 0 Å². The number of rotatable bonds is 4. The van der Waals surface area contributed by atoms with E-state index in [-0.39, 0.29) is 0 Å². The van der Waals surface area contributed by atoms with Crippen molar-refractivity contribution in [1.29, 1.82) is 0 Å². The zero-order valence-corrected chi connectivity index (χ0v) is 9.92. The summed E-state index contributed by atoms with van der Waals surface area (Å²) < 4.78 is 0. The molecule has 0 aliphatic heterocycles. The molecule has 1 aliphatic carbocycles. The van der Waals surface area contributed by atoms with Crippen LogP contribution in [0.2, 0.25) is 0 Å². The highest BCUT2D eigenvalue weighted by Crippen LogP contribution is 2.31. The minimum Gasteiger partial charge on any atom is -0.103 e. The van der Waals surface area contributed by atoms with Gasteiger partial charge in [0.05, 0.1) is 0 Å². The molecule has 0 amide bonds. The van der Waals surface area contributed by atoms with Crippen molar-refractivity contribution in [2.24, 2.45) is 17.8 Å². The minimum atomic E-state index is 0.650. The maximum atomic E-state index is 3.84. The predicted octanol–water partition coefficient (Wildman–Crippen LogP) is 4.58. The van der Waals surface area contributed by atoms with Gasteiger partial charge in [0.15, 0.2) is 0 Å². The maximum Gasteiger partial charge on any atom is -0.0227 e. The lowest BCUT2D eigenvalue weighted by Crippen LogP contribution is -2.12. The summed E-state index contributed by atoms with van der Waals surface area (Å²) in [5, 5.41) is 0. The summed E-state index contributed by atoms with van der Waals surface area (Å²) >= 11 is 0. The standard InChI is InChI=1S/C14H24/c1-5-12(4)10-13-6-8-14(9-7-13)11(2)3/h5-6,11-12,14H,1,7-10H2,2-4H3. The van der Waals surface area contributed by atoms with Crippen LogP contribution in [-0.2, 0) is 0 Å². The van der Waals surface area contributed by atoms with Crippen molar-refractivity contribution in [2.75, 3.05) is 0 Å². The molecule has 0 aromatic rings. The second-order valence-electron chi connectivity index (χ2n) is 5.06. The van der Waals surface area contributed by atoms with Crippen LogP contribution in [0.5, 0.6) is 0 Å². The van der Waals surface area contributed by atoms with Crippen LogP contribution in [0.25, 0.3) is 0 Å². The lowest BCUT2D eigenvalue weighted by Gasteiger charge is -2.25. The van der Waals surface area contributed by atoms with E-state index in [1.807, 2.05) is 0 Å². The van der Waals surface area contributed by atoms with Crippen LogP contribution in [0.15, 0.2) is 24.3 Å². The summed E-state index contributed by atoms with van der Waals surface area (Å²) in [6, 6.07) is 0. The molecule has 0 spiro atoms. The Morgan fingerprint density at radius 3 is 2.64 bits per heavy atom. The van der Waals surface area contributed by atoms with E-state index in [1.54, 1.807) is 5.57 Å². The fourth-order valence-electron chi connectivity index (χ4n) is 2.20. The number of allylic oxidation sites excluding steroid dienone is 3. The molecule has 0 aromatic heterocycles. The van der Waals surface area contributed by atoms with Gasteiger partial charge in [-0.15, -0.1) is 6.58 Å². The molecule has 0 radical (unpaired) electrons. The third-order valence-corrected chi connectivity index (χ3v) is 3.47. The number of hydrogen-bond acceptors (Lipinski definition) is 0. The van der Waals surface area contributed by atoms with Gasteiger partial charge in [-0.25, -0.2) is 0 Å². The molecular weight excluding hydrogens is 168 g/mol. The summed E-state index contributed by atoms with van der Waals surface area (Å²) in [6.45, 7) is 10.8. The van der Waals surface area contributed by atoms with Crippen molar-refractivity contribution in [3.8, 4) is 0 Å². The second-order valence-corrected chi connectivity index (χ2v) is 5.06. The van der Waals surface area contributed by atoms with Crippen molar-refractivity contribution in [1.82, 2.24) is 0 Å². The third kappa shape index (κ3) is 3.32. The average molecular weight is 192 g/mol. The molecular formula is C14H24. The lowest BCUT2D eigenvalue weighted by molar-refractivity contribution is 0.346. The topological polar surface area (TPSA) is 0 Å². The smallest absolute Gasteiger partial charge is 0.0227 e. The lowest BCUT2D eigenvalue weighted by atomic mass is 9.80. The molecule has 2 atom stereocenters. The Bertz CT molecular complexity index is 210. The second kappa shape index (κ2) is 5.38. The molecule has 0 heterocycles. The average Bonchev–Trinajstić information content (AvgIpc) is 2.18. The summed E-state index contributed by atoms with van der Waals surface area (Å²) in [5.41, 5.74) is 1.66. The fraction of sp³-hybridized carbons (Fsp3) is 0.714. The van der Waals surface area contributed by atoms with Gasteiger partial charge in [-0.2, -0.15) is 0 Å². The molecule has 0 nitrogen and oxygen atoms in total. The van der Waals surface area contributed by atoms with Crippen LogP contribution in [0.4, 0.5) is 0 Å². The van der Waals surface area contributed by atoms with Crippen molar-refractivity contribution in [2.45, 2.75) is 46.5 Å². The van der Waals surface area contributed by atoms with Crippen LogP contribution in [-0.4, -0.2) is 0 Å². The maximum absolute atomic E-state index is 3.84. The van der Waals surface area contributed by atoms with E-state index in [1.165, 1.54) is 25.7 Å². The molecule has 0 bridgehead atoms. The first-order chi connectivity index (χ1) is 6.63. The molecule has 2 unspecified atom stereocenters. The highest BCUT2D eigenvalue weighted by atomic mass is 14.2. The van der Waals surface area contributed by atoms with E-state index in [2.05, 4.69) is 39.5 Å². The number of hydrogen-bond donors (Lipinski definition) is 0. The zero-order valence-electron chi connectivity index (χ0n) is 9.92. The molecule has 0 fully saturated rings. The van der Waals surface area contributed by atoms with Crippen molar-refractivity contribution >= 4 is 0 Å². The first kappa shape index (κ1) is 11.6. The van der Waals surface area contributed by atoms with Crippen molar-refractivity contribution in [3.63, 3.8) is 0 Å². The summed E-state index contributed by atoms with van der Waals surface area (Å²) in [5.74, 6) is 2.43. The van der Waals surface area contributed by atoms with Crippen LogP contribution < -0.4 is 0 Å². The Morgan fingerprint density at radius 2 is 2.21 bits per heavy atom. The molecule has 1 rings (SSSR count). The summed E-state index contributed by atoms with van der Waals surface area (Å²) in [4.78, 5) is 0. The van der Waals surface area contributed by atoms with Crippen LogP contribution >= 0.6 is 0 Å². The van der Waals surface area contributed by atoms with Gasteiger partial charge in [0.1, 0.15) is 0 Å². The van der Waals surface area contributed by atoms with Crippen molar-refractivity contribution < 1.29 is 0 Å². The third-order valence-electron chi connectivity index (χ3n) is 3.47. The van der Waals surface area contributed by atoms with Crippen molar-refractivity contribution in [3.05, 3.63) is 24.3 Å². The normalized spacial score (nSPS) is 24.6.